The predicted octanol–water partition coefficient (Wildman–Crippen LogP) is 3.79. The molecule has 0 aliphatic carbocycles. The van der Waals surface area contributed by atoms with E-state index < -0.39 is 0 Å². The molecule has 0 aliphatic rings. The molecule has 0 heterocycles. The first-order valence-corrected chi connectivity index (χ1v) is 6.94. The molecular weight excluding hydrogens is 240 g/mol. The molecule has 0 fully saturated rings. The Morgan fingerprint density at radius 1 is 1.50 bits per heavy atom. The number of rotatable bonds is 6. The highest BCUT2D eigenvalue weighted by molar-refractivity contribution is 7.98. The lowest BCUT2D eigenvalue weighted by Gasteiger charge is -2.13. The Morgan fingerprint density at radius 3 is 2.88 bits per heavy atom. The number of nitrogens with one attached hydrogen (secondary N) is 1. The van der Waals surface area contributed by atoms with Gasteiger partial charge in [-0.3, -0.25) is 0 Å². The lowest BCUT2D eigenvalue weighted by atomic mass is 10.2. The van der Waals surface area contributed by atoms with Gasteiger partial charge in [0.05, 0.1) is 16.8 Å². The summed E-state index contributed by atoms with van der Waals surface area (Å²) in [6.45, 7) is 0. The van der Waals surface area contributed by atoms with Crippen LogP contribution in [-0.2, 0) is 0 Å². The summed E-state index contributed by atoms with van der Waals surface area (Å²) in [7, 11) is 0. The summed E-state index contributed by atoms with van der Waals surface area (Å²) in [5, 5.41) is 12.8. The topological polar surface area (TPSA) is 35.8 Å². The van der Waals surface area contributed by atoms with E-state index in [2.05, 4.69) is 17.6 Å². The number of halogens is 1. The Balaban J connectivity index is 2.51. The zero-order chi connectivity index (χ0) is 11.8. The zero-order valence-corrected chi connectivity index (χ0v) is 10.8. The van der Waals surface area contributed by atoms with Gasteiger partial charge < -0.3 is 5.32 Å². The summed E-state index contributed by atoms with van der Waals surface area (Å²) in [5.74, 6) is 1.09. The van der Waals surface area contributed by atoms with Crippen molar-refractivity contribution in [3.63, 3.8) is 0 Å². The zero-order valence-electron chi connectivity index (χ0n) is 9.24. The van der Waals surface area contributed by atoms with Crippen LogP contribution in [0.25, 0.3) is 0 Å². The number of benzene rings is 1. The first-order chi connectivity index (χ1) is 7.77. The van der Waals surface area contributed by atoms with Crippen molar-refractivity contribution in [1.82, 2.24) is 0 Å². The van der Waals surface area contributed by atoms with Gasteiger partial charge in [-0.15, -0.1) is 0 Å². The number of hydrogen-bond donors (Lipinski definition) is 1. The van der Waals surface area contributed by atoms with Crippen LogP contribution in [0.3, 0.4) is 0 Å². The van der Waals surface area contributed by atoms with E-state index in [4.69, 9.17) is 16.9 Å². The van der Waals surface area contributed by atoms with E-state index in [1.807, 2.05) is 24.3 Å². The number of nitriles is 1. The fraction of sp³-hybridized carbons (Fsp3) is 0.417. The molecule has 1 aromatic carbocycles. The van der Waals surface area contributed by atoms with Gasteiger partial charge in [0.25, 0.3) is 0 Å². The van der Waals surface area contributed by atoms with Gasteiger partial charge >= 0.3 is 0 Å². The van der Waals surface area contributed by atoms with E-state index >= 15 is 0 Å². The molecule has 0 aliphatic heterocycles. The van der Waals surface area contributed by atoms with Crippen molar-refractivity contribution in [2.24, 2.45) is 0 Å². The average Bonchev–Trinajstić information content (AvgIpc) is 2.30. The third-order valence-corrected chi connectivity index (χ3v) is 3.23. The molecule has 0 spiro atoms. The van der Waals surface area contributed by atoms with E-state index in [0.717, 1.165) is 24.3 Å². The van der Waals surface area contributed by atoms with Gasteiger partial charge in [-0.05, 0) is 37.0 Å². The van der Waals surface area contributed by atoms with Crippen molar-refractivity contribution in [1.29, 1.82) is 5.26 Å². The highest BCUT2D eigenvalue weighted by Crippen LogP contribution is 2.22. The van der Waals surface area contributed by atoms with Crippen LogP contribution >= 0.6 is 23.4 Å². The minimum atomic E-state index is -0.160. The summed E-state index contributed by atoms with van der Waals surface area (Å²) in [5.41, 5.74) is 0.833. The molecule has 16 heavy (non-hydrogen) atoms. The first-order valence-electron chi connectivity index (χ1n) is 5.17. The summed E-state index contributed by atoms with van der Waals surface area (Å²) in [6.07, 6.45) is 3.96. The third-order valence-electron chi connectivity index (χ3n) is 2.20. The molecule has 0 saturated heterocycles. The average molecular weight is 255 g/mol. The monoisotopic (exact) mass is 254 g/mol. The Kier molecular flexibility index (Phi) is 6.14. The van der Waals surface area contributed by atoms with Crippen LogP contribution in [0.4, 0.5) is 5.69 Å². The molecular formula is C12H15ClN2S. The standard InChI is InChI=1S/C12H15ClN2S/c1-16-8-4-5-10(9-14)15-12-7-3-2-6-11(12)13/h2-3,6-7,10,15H,4-5,8H2,1H3. The summed E-state index contributed by atoms with van der Waals surface area (Å²) in [4.78, 5) is 0. The van der Waals surface area contributed by atoms with Crippen molar-refractivity contribution in [3.05, 3.63) is 29.3 Å². The lowest BCUT2D eigenvalue weighted by Crippen LogP contribution is -2.17. The maximum atomic E-state index is 9.02. The molecule has 1 rings (SSSR count). The fourth-order valence-electron chi connectivity index (χ4n) is 1.37. The fourth-order valence-corrected chi connectivity index (χ4v) is 2.01. The van der Waals surface area contributed by atoms with Crippen molar-refractivity contribution >= 4 is 29.1 Å². The molecule has 0 amide bonds. The van der Waals surface area contributed by atoms with E-state index in [1.54, 1.807) is 11.8 Å². The number of hydrogen-bond acceptors (Lipinski definition) is 3. The smallest absolute Gasteiger partial charge is 0.114 e. The van der Waals surface area contributed by atoms with Crippen LogP contribution in [-0.4, -0.2) is 18.1 Å². The van der Waals surface area contributed by atoms with Crippen LogP contribution < -0.4 is 5.32 Å². The number of para-hydroxylation sites is 1. The Labute approximate surface area is 106 Å². The molecule has 0 radical (unpaired) electrons. The number of thioether (sulfide) groups is 1. The molecule has 86 valence electrons. The minimum Gasteiger partial charge on any atom is -0.369 e. The van der Waals surface area contributed by atoms with Gasteiger partial charge in [-0.2, -0.15) is 17.0 Å². The molecule has 2 nitrogen and oxygen atoms in total. The molecule has 1 unspecified atom stereocenters. The summed E-state index contributed by atoms with van der Waals surface area (Å²) in [6, 6.07) is 9.59. The third kappa shape index (κ3) is 4.34. The summed E-state index contributed by atoms with van der Waals surface area (Å²) < 4.78 is 0. The van der Waals surface area contributed by atoms with Crippen molar-refractivity contribution < 1.29 is 0 Å². The molecule has 0 bridgehead atoms. The minimum absolute atomic E-state index is 0.160. The molecule has 0 aromatic heterocycles. The highest BCUT2D eigenvalue weighted by atomic mass is 35.5. The largest absolute Gasteiger partial charge is 0.369 e. The van der Waals surface area contributed by atoms with Gasteiger partial charge in [-0.25, -0.2) is 0 Å². The van der Waals surface area contributed by atoms with Crippen molar-refractivity contribution in [2.45, 2.75) is 18.9 Å². The van der Waals surface area contributed by atoms with Crippen LogP contribution in [0.1, 0.15) is 12.8 Å². The van der Waals surface area contributed by atoms with Gasteiger partial charge in [0.1, 0.15) is 6.04 Å². The van der Waals surface area contributed by atoms with Crippen molar-refractivity contribution in [2.75, 3.05) is 17.3 Å². The normalized spacial score (nSPS) is 11.8. The molecule has 1 N–H and O–H groups in total. The molecule has 1 aromatic rings. The van der Waals surface area contributed by atoms with Gasteiger partial charge in [0.15, 0.2) is 0 Å². The molecule has 4 heteroatoms. The first kappa shape index (κ1) is 13.2. The SMILES string of the molecule is CSCCCC(C#N)Nc1ccccc1Cl. The Hall–Kier alpha value is -0.850. The predicted molar refractivity (Wildman–Crippen MR) is 72.1 cm³/mol. The molecule has 0 saturated carbocycles. The van der Waals surface area contributed by atoms with E-state index in [9.17, 15) is 0 Å². The van der Waals surface area contributed by atoms with Crippen molar-refractivity contribution in [3.8, 4) is 6.07 Å². The number of nitrogens with zero attached hydrogens (tertiary/aromatic N) is 1. The second-order valence-electron chi connectivity index (χ2n) is 3.44. The second-order valence-corrected chi connectivity index (χ2v) is 4.83. The summed E-state index contributed by atoms with van der Waals surface area (Å²) >= 11 is 7.81. The second kappa shape index (κ2) is 7.43. The van der Waals surface area contributed by atoms with Crippen LogP contribution in [0, 0.1) is 11.3 Å². The van der Waals surface area contributed by atoms with Crippen LogP contribution in [0.15, 0.2) is 24.3 Å². The lowest BCUT2D eigenvalue weighted by molar-refractivity contribution is 0.755. The van der Waals surface area contributed by atoms with E-state index in [0.29, 0.717) is 5.02 Å². The van der Waals surface area contributed by atoms with Crippen LogP contribution in [0.5, 0.6) is 0 Å². The Morgan fingerprint density at radius 2 is 2.25 bits per heavy atom. The highest BCUT2D eigenvalue weighted by Gasteiger charge is 2.08. The van der Waals surface area contributed by atoms with Gasteiger partial charge in [0, 0.05) is 0 Å². The van der Waals surface area contributed by atoms with Crippen LogP contribution in [0.2, 0.25) is 5.02 Å². The van der Waals surface area contributed by atoms with E-state index in [1.165, 1.54) is 0 Å². The number of anilines is 1. The van der Waals surface area contributed by atoms with Gasteiger partial charge in [-0.1, -0.05) is 23.7 Å². The Bertz CT molecular complexity index is 362. The maximum Gasteiger partial charge on any atom is 0.114 e. The van der Waals surface area contributed by atoms with E-state index in [-0.39, 0.29) is 6.04 Å². The van der Waals surface area contributed by atoms with Gasteiger partial charge in [0.2, 0.25) is 0 Å². The molecule has 1 atom stereocenters. The maximum absolute atomic E-state index is 9.02. The quantitative estimate of drug-likeness (QED) is 0.785.